The van der Waals surface area contributed by atoms with E-state index in [1.54, 1.807) is 18.3 Å². The van der Waals surface area contributed by atoms with E-state index in [1.165, 1.54) is 10.9 Å². The third-order valence-corrected chi connectivity index (χ3v) is 3.50. The summed E-state index contributed by atoms with van der Waals surface area (Å²) in [5.74, 6) is -0.151. The molecule has 0 saturated heterocycles. The van der Waals surface area contributed by atoms with Crippen LogP contribution in [0.2, 0.25) is 0 Å². The number of aromatic nitrogens is 3. The summed E-state index contributed by atoms with van der Waals surface area (Å²) in [7, 11) is 0. The van der Waals surface area contributed by atoms with E-state index < -0.39 is 0 Å². The highest BCUT2D eigenvalue weighted by molar-refractivity contribution is 5.90. The van der Waals surface area contributed by atoms with Gasteiger partial charge in [-0.25, -0.2) is 9.97 Å². The number of carbonyl (C=O) groups excluding carboxylic acids is 1. The maximum Gasteiger partial charge on any atom is 0.279 e. The Morgan fingerprint density at radius 3 is 2.74 bits per heavy atom. The van der Waals surface area contributed by atoms with E-state index in [2.05, 4.69) is 15.3 Å². The molecule has 0 spiro atoms. The van der Waals surface area contributed by atoms with Crippen LogP contribution in [0.1, 0.15) is 12.0 Å². The minimum absolute atomic E-state index is 0.151. The standard InChI is InChI=1S/C17H16N4O2/c1-12-4-6-13(7-5-12)20-15(22)8-10-21-11-19-14-3-2-9-18-16(14)17(21)23/h2-7,9,11H,8,10H2,1H3,(H,20,22). The lowest BCUT2D eigenvalue weighted by Gasteiger charge is -2.07. The summed E-state index contributed by atoms with van der Waals surface area (Å²) >= 11 is 0. The van der Waals surface area contributed by atoms with Crippen molar-refractivity contribution in [2.45, 2.75) is 19.9 Å². The van der Waals surface area contributed by atoms with Crippen LogP contribution in [0.4, 0.5) is 5.69 Å². The molecular formula is C17H16N4O2. The van der Waals surface area contributed by atoms with Crippen LogP contribution >= 0.6 is 0 Å². The molecule has 1 N–H and O–H groups in total. The van der Waals surface area contributed by atoms with Crippen molar-refractivity contribution in [2.24, 2.45) is 0 Å². The largest absolute Gasteiger partial charge is 0.326 e. The molecule has 6 heteroatoms. The topological polar surface area (TPSA) is 76.9 Å². The summed E-state index contributed by atoms with van der Waals surface area (Å²) in [6.07, 6.45) is 3.19. The number of benzene rings is 1. The van der Waals surface area contributed by atoms with Crippen molar-refractivity contribution in [3.63, 3.8) is 0 Å². The number of fused-ring (bicyclic) bond motifs is 1. The second-order valence-electron chi connectivity index (χ2n) is 5.28. The first-order chi connectivity index (χ1) is 11.1. The minimum atomic E-state index is -0.237. The third-order valence-electron chi connectivity index (χ3n) is 3.50. The maximum atomic E-state index is 12.3. The van der Waals surface area contributed by atoms with Crippen molar-refractivity contribution in [1.82, 2.24) is 14.5 Å². The molecule has 0 atom stereocenters. The molecule has 1 amide bonds. The van der Waals surface area contributed by atoms with Gasteiger partial charge in [0.05, 0.1) is 11.8 Å². The van der Waals surface area contributed by atoms with Gasteiger partial charge in [-0.1, -0.05) is 17.7 Å². The van der Waals surface area contributed by atoms with Gasteiger partial charge in [-0.3, -0.25) is 14.2 Å². The van der Waals surface area contributed by atoms with Gasteiger partial charge in [0.2, 0.25) is 5.91 Å². The van der Waals surface area contributed by atoms with E-state index in [4.69, 9.17) is 0 Å². The van der Waals surface area contributed by atoms with E-state index in [-0.39, 0.29) is 24.4 Å². The average molecular weight is 308 g/mol. The van der Waals surface area contributed by atoms with Gasteiger partial charge in [-0.15, -0.1) is 0 Å². The summed E-state index contributed by atoms with van der Waals surface area (Å²) in [4.78, 5) is 32.5. The van der Waals surface area contributed by atoms with Crippen LogP contribution < -0.4 is 10.9 Å². The highest BCUT2D eigenvalue weighted by Gasteiger charge is 2.07. The van der Waals surface area contributed by atoms with Gasteiger partial charge in [0.25, 0.3) is 5.56 Å². The number of nitrogens with zero attached hydrogens (tertiary/aromatic N) is 3. The van der Waals surface area contributed by atoms with E-state index >= 15 is 0 Å². The molecule has 2 aromatic heterocycles. The van der Waals surface area contributed by atoms with Crippen molar-refractivity contribution in [2.75, 3.05) is 5.32 Å². The minimum Gasteiger partial charge on any atom is -0.326 e. The lowest BCUT2D eigenvalue weighted by molar-refractivity contribution is -0.116. The number of nitrogens with one attached hydrogen (secondary N) is 1. The highest BCUT2D eigenvalue weighted by atomic mass is 16.2. The zero-order chi connectivity index (χ0) is 16.2. The van der Waals surface area contributed by atoms with Gasteiger partial charge in [0, 0.05) is 24.8 Å². The number of amides is 1. The van der Waals surface area contributed by atoms with Crippen molar-refractivity contribution >= 4 is 22.6 Å². The molecule has 3 aromatic rings. The highest BCUT2D eigenvalue weighted by Crippen LogP contribution is 2.09. The Hall–Kier alpha value is -3.02. The van der Waals surface area contributed by atoms with Crippen LogP contribution in [-0.4, -0.2) is 20.4 Å². The molecule has 0 unspecified atom stereocenters. The van der Waals surface area contributed by atoms with Gasteiger partial charge in [0.15, 0.2) is 5.52 Å². The Balaban J connectivity index is 1.68. The fourth-order valence-electron chi connectivity index (χ4n) is 2.23. The van der Waals surface area contributed by atoms with E-state index in [1.807, 2.05) is 31.2 Å². The molecule has 0 aliphatic heterocycles. The molecular weight excluding hydrogens is 292 g/mol. The lowest BCUT2D eigenvalue weighted by atomic mass is 10.2. The maximum absolute atomic E-state index is 12.3. The average Bonchev–Trinajstić information content (AvgIpc) is 2.57. The number of pyridine rings is 1. The van der Waals surface area contributed by atoms with Crippen LogP contribution in [0.25, 0.3) is 11.0 Å². The number of carbonyl (C=O) groups is 1. The van der Waals surface area contributed by atoms with Crippen molar-refractivity contribution in [3.8, 4) is 0 Å². The van der Waals surface area contributed by atoms with E-state index in [0.29, 0.717) is 11.0 Å². The van der Waals surface area contributed by atoms with Crippen LogP contribution in [0.5, 0.6) is 0 Å². The zero-order valence-corrected chi connectivity index (χ0v) is 12.7. The first kappa shape index (κ1) is 14.9. The predicted octanol–water partition coefficient (Wildman–Crippen LogP) is 2.13. The van der Waals surface area contributed by atoms with Gasteiger partial charge >= 0.3 is 0 Å². The number of anilines is 1. The number of hydrogen-bond acceptors (Lipinski definition) is 4. The Kier molecular flexibility index (Phi) is 4.14. The van der Waals surface area contributed by atoms with Gasteiger partial charge in [-0.05, 0) is 31.2 Å². The Morgan fingerprint density at radius 2 is 1.96 bits per heavy atom. The summed E-state index contributed by atoms with van der Waals surface area (Å²) in [6.45, 7) is 2.24. The fraction of sp³-hybridized carbons (Fsp3) is 0.176. The third kappa shape index (κ3) is 3.42. The molecule has 0 aliphatic carbocycles. The van der Waals surface area contributed by atoms with E-state index in [0.717, 1.165) is 11.3 Å². The zero-order valence-electron chi connectivity index (χ0n) is 12.7. The molecule has 23 heavy (non-hydrogen) atoms. The molecule has 0 radical (unpaired) electrons. The van der Waals surface area contributed by atoms with Crippen LogP contribution in [-0.2, 0) is 11.3 Å². The summed E-state index contributed by atoms with van der Waals surface area (Å²) in [5.41, 5.74) is 2.50. The fourth-order valence-corrected chi connectivity index (χ4v) is 2.23. The Labute approximate surface area is 132 Å². The molecule has 0 aliphatic rings. The summed E-state index contributed by atoms with van der Waals surface area (Å²) in [6, 6.07) is 11.0. The lowest BCUT2D eigenvalue weighted by Crippen LogP contribution is -2.24. The molecule has 6 nitrogen and oxygen atoms in total. The Bertz CT molecular complexity index is 900. The number of aryl methyl sites for hydroxylation is 2. The molecule has 1 aromatic carbocycles. The summed E-state index contributed by atoms with van der Waals surface area (Å²) < 4.78 is 1.41. The van der Waals surface area contributed by atoms with Crippen LogP contribution in [0, 0.1) is 6.92 Å². The second-order valence-corrected chi connectivity index (χ2v) is 5.28. The van der Waals surface area contributed by atoms with E-state index in [9.17, 15) is 9.59 Å². The number of hydrogen-bond donors (Lipinski definition) is 1. The van der Waals surface area contributed by atoms with Gasteiger partial charge in [0.1, 0.15) is 0 Å². The molecule has 0 bridgehead atoms. The predicted molar refractivity (Wildman–Crippen MR) is 88.2 cm³/mol. The molecule has 0 saturated carbocycles. The van der Waals surface area contributed by atoms with Crippen LogP contribution in [0.15, 0.2) is 53.7 Å². The Morgan fingerprint density at radius 1 is 1.17 bits per heavy atom. The summed E-state index contributed by atoms with van der Waals surface area (Å²) in [5, 5.41) is 2.81. The first-order valence-corrected chi connectivity index (χ1v) is 7.30. The molecule has 0 fully saturated rings. The van der Waals surface area contributed by atoms with Crippen molar-refractivity contribution < 1.29 is 4.79 Å². The first-order valence-electron chi connectivity index (χ1n) is 7.30. The van der Waals surface area contributed by atoms with Crippen molar-refractivity contribution in [3.05, 3.63) is 64.8 Å². The van der Waals surface area contributed by atoms with Crippen LogP contribution in [0.3, 0.4) is 0 Å². The SMILES string of the molecule is Cc1ccc(NC(=O)CCn2cnc3cccnc3c2=O)cc1. The quantitative estimate of drug-likeness (QED) is 0.801. The number of rotatable bonds is 4. The monoisotopic (exact) mass is 308 g/mol. The van der Waals surface area contributed by atoms with Crippen molar-refractivity contribution in [1.29, 1.82) is 0 Å². The smallest absolute Gasteiger partial charge is 0.279 e. The molecule has 3 rings (SSSR count). The molecule has 2 heterocycles. The normalized spacial score (nSPS) is 10.7. The second kappa shape index (κ2) is 6.39. The molecule has 116 valence electrons. The van der Waals surface area contributed by atoms with Gasteiger partial charge in [-0.2, -0.15) is 0 Å². The van der Waals surface area contributed by atoms with Gasteiger partial charge < -0.3 is 5.32 Å².